The molecule has 25 heavy (non-hydrogen) atoms. The maximum absolute atomic E-state index is 12.7. The van der Waals surface area contributed by atoms with Gasteiger partial charge in [-0.05, 0) is 37.0 Å². The van der Waals surface area contributed by atoms with Crippen LogP contribution in [0.4, 0.5) is 0 Å². The van der Waals surface area contributed by atoms with Gasteiger partial charge in [-0.3, -0.25) is 9.59 Å². The molecule has 140 valence electrons. The first kappa shape index (κ1) is 21.0. The van der Waals surface area contributed by atoms with Gasteiger partial charge in [0.25, 0.3) is 0 Å². The molecule has 1 atom stereocenters. The number of carbonyl (C=O) groups is 2. The zero-order valence-electron chi connectivity index (χ0n) is 16.0. The Morgan fingerprint density at radius 2 is 1.96 bits per heavy atom. The molecule has 1 aromatic carbocycles. The smallest absolute Gasteiger partial charge is 0.242 e. The summed E-state index contributed by atoms with van der Waals surface area (Å²) < 4.78 is 5.26. The minimum Gasteiger partial charge on any atom is -0.497 e. The zero-order valence-corrected chi connectivity index (χ0v) is 16.0. The zero-order chi connectivity index (χ0) is 18.7. The Balaban J connectivity index is 2.96. The van der Waals surface area contributed by atoms with Gasteiger partial charge >= 0.3 is 0 Å². The van der Waals surface area contributed by atoms with E-state index >= 15 is 0 Å². The molecule has 0 heterocycles. The second kappa shape index (κ2) is 11.5. The number of carbonyl (C=O) groups excluding carboxylic acids is 2. The average Bonchev–Trinajstić information content (AvgIpc) is 2.62. The molecule has 1 N–H and O–H groups in total. The van der Waals surface area contributed by atoms with E-state index < -0.39 is 6.04 Å². The maximum atomic E-state index is 12.7. The lowest BCUT2D eigenvalue weighted by molar-refractivity contribution is -0.141. The van der Waals surface area contributed by atoms with E-state index in [1.807, 2.05) is 38.1 Å². The predicted molar refractivity (Wildman–Crippen MR) is 100 cm³/mol. The van der Waals surface area contributed by atoms with Crippen LogP contribution in [0.25, 0.3) is 0 Å². The Hall–Kier alpha value is -2.04. The summed E-state index contributed by atoms with van der Waals surface area (Å²) in [4.78, 5) is 26.9. The van der Waals surface area contributed by atoms with Crippen molar-refractivity contribution >= 4 is 11.8 Å². The van der Waals surface area contributed by atoms with E-state index in [1.165, 1.54) is 0 Å². The Bertz CT molecular complexity index is 545. The molecule has 0 aliphatic carbocycles. The lowest BCUT2D eigenvalue weighted by Crippen LogP contribution is -2.49. The molecule has 2 amide bonds. The molecule has 1 rings (SSSR count). The number of benzene rings is 1. The fourth-order valence-electron chi connectivity index (χ4n) is 2.75. The summed E-state index contributed by atoms with van der Waals surface area (Å²) in [6.07, 6.45) is 3.78. The number of rotatable bonds is 11. The second-order valence-electron chi connectivity index (χ2n) is 6.19. The molecule has 0 radical (unpaired) electrons. The van der Waals surface area contributed by atoms with Gasteiger partial charge in [0.05, 0.1) is 7.11 Å². The van der Waals surface area contributed by atoms with Crippen LogP contribution in [-0.4, -0.2) is 36.4 Å². The van der Waals surface area contributed by atoms with E-state index in [-0.39, 0.29) is 11.8 Å². The summed E-state index contributed by atoms with van der Waals surface area (Å²) in [5, 5.41) is 2.96. The summed E-state index contributed by atoms with van der Waals surface area (Å²) in [5.74, 6) is 0.701. The van der Waals surface area contributed by atoms with Crippen molar-refractivity contribution in [3.8, 4) is 5.75 Å². The molecule has 0 aliphatic heterocycles. The van der Waals surface area contributed by atoms with Crippen molar-refractivity contribution in [2.24, 2.45) is 0 Å². The molecule has 0 saturated carbocycles. The van der Waals surface area contributed by atoms with E-state index in [0.717, 1.165) is 30.6 Å². The average molecular weight is 348 g/mol. The van der Waals surface area contributed by atoms with Gasteiger partial charge in [0.1, 0.15) is 11.8 Å². The van der Waals surface area contributed by atoms with Gasteiger partial charge < -0.3 is 15.0 Å². The Kier molecular flexibility index (Phi) is 9.66. The van der Waals surface area contributed by atoms with Crippen molar-refractivity contribution in [1.82, 2.24) is 10.2 Å². The van der Waals surface area contributed by atoms with Crippen LogP contribution in [-0.2, 0) is 16.1 Å². The van der Waals surface area contributed by atoms with E-state index in [0.29, 0.717) is 25.9 Å². The minimum absolute atomic E-state index is 0.0165. The van der Waals surface area contributed by atoms with E-state index in [2.05, 4.69) is 12.2 Å². The molecule has 0 saturated heterocycles. The third kappa shape index (κ3) is 6.77. The third-order valence-electron chi connectivity index (χ3n) is 4.17. The first-order valence-electron chi connectivity index (χ1n) is 9.27. The molecular formula is C20H32N2O3. The molecule has 0 spiro atoms. The van der Waals surface area contributed by atoms with Crippen molar-refractivity contribution in [2.45, 2.75) is 65.5 Å². The van der Waals surface area contributed by atoms with Crippen molar-refractivity contribution < 1.29 is 14.3 Å². The number of hydrogen-bond donors (Lipinski definition) is 1. The fourth-order valence-corrected chi connectivity index (χ4v) is 2.75. The molecule has 5 nitrogen and oxygen atoms in total. The number of hydrogen-bond acceptors (Lipinski definition) is 3. The Labute approximate surface area is 151 Å². The highest BCUT2D eigenvalue weighted by Gasteiger charge is 2.27. The van der Waals surface area contributed by atoms with Crippen LogP contribution in [0.1, 0.15) is 58.4 Å². The van der Waals surface area contributed by atoms with Crippen LogP contribution in [0.15, 0.2) is 24.3 Å². The van der Waals surface area contributed by atoms with E-state index in [1.54, 1.807) is 12.0 Å². The minimum atomic E-state index is -0.442. The first-order valence-corrected chi connectivity index (χ1v) is 9.27. The highest BCUT2D eigenvalue weighted by atomic mass is 16.5. The lowest BCUT2D eigenvalue weighted by atomic mass is 10.1. The SMILES string of the molecule is CCCCNC(=O)C(CC)N(Cc1cccc(OC)c1)C(=O)CCC. The molecule has 5 heteroatoms. The summed E-state index contributed by atoms with van der Waals surface area (Å²) in [5.41, 5.74) is 0.962. The van der Waals surface area contributed by atoms with Crippen LogP contribution >= 0.6 is 0 Å². The molecular weight excluding hydrogens is 316 g/mol. The molecule has 0 aromatic heterocycles. The molecule has 1 aromatic rings. The predicted octanol–water partition coefficient (Wildman–Crippen LogP) is 3.52. The number of nitrogens with one attached hydrogen (secondary N) is 1. The highest BCUT2D eigenvalue weighted by Crippen LogP contribution is 2.18. The third-order valence-corrected chi connectivity index (χ3v) is 4.17. The van der Waals surface area contributed by atoms with E-state index in [9.17, 15) is 9.59 Å². The summed E-state index contributed by atoms with van der Waals surface area (Å²) in [6.45, 7) is 7.08. The van der Waals surface area contributed by atoms with Crippen molar-refractivity contribution in [2.75, 3.05) is 13.7 Å². The summed E-state index contributed by atoms with van der Waals surface area (Å²) >= 11 is 0. The number of methoxy groups -OCH3 is 1. The number of unbranched alkanes of at least 4 members (excludes halogenated alkanes) is 1. The van der Waals surface area contributed by atoms with Gasteiger partial charge in [-0.2, -0.15) is 0 Å². The molecule has 0 fully saturated rings. The topological polar surface area (TPSA) is 58.6 Å². The van der Waals surface area contributed by atoms with Gasteiger partial charge in [0, 0.05) is 19.5 Å². The maximum Gasteiger partial charge on any atom is 0.242 e. The lowest BCUT2D eigenvalue weighted by Gasteiger charge is -2.30. The van der Waals surface area contributed by atoms with Gasteiger partial charge in [-0.1, -0.05) is 39.3 Å². The number of ether oxygens (including phenoxy) is 1. The Morgan fingerprint density at radius 3 is 2.56 bits per heavy atom. The summed E-state index contributed by atoms with van der Waals surface area (Å²) in [6, 6.07) is 7.20. The van der Waals surface area contributed by atoms with Gasteiger partial charge in [-0.25, -0.2) is 0 Å². The van der Waals surface area contributed by atoms with Crippen molar-refractivity contribution in [1.29, 1.82) is 0 Å². The molecule has 0 bridgehead atoms. The van der Waals surface area contributed by atoms with Crippen molar-refractivity contribution in [3.05, 3.63) is 29.8 Å². The first-order chi connectivity index (χ1) is 12.1. The van der Waals surface area contributed by atoms with Crippen LogP contribution in [0.3, 0.4) is 0 Å². The second-order valence-corrected chi connectivity index (χ2v) is 6.19. The fraction of sp³-hybridized carbons (Fsp3) is 0.600. The standard InChI is InChI=1S/C20H32N2O3/c1-5-8-13-21-20(24)18(7-3)22(19(23)10-6-2)15-16-11-9-12-17(14-16)25-4/h9,11-12,14,18H,5-8,10,13,15H2,1-4H3,(H,21,24). The molecule has 1 unspecified atom stereocenters. The summed E-state index contributed by atoms with van der Waals surface area (Å²) in [7, 11) is 1.62. The van der Waals surface area contributed by atoms with Gasteiger partial charge in [-0.15, -0.1) is 0 Å². The normalized spacial score (nSPS) is 11.7. The van der Waals surface area contributed by atoms with Crippen LogP contribution < -0.4 is 10.1 Å². The van der Waals surface area contributed by atoms with Crippen LogP contribution in [0.2, 0.25) is 0 Å². The van der Waals surface area contributed by atoms with Gasteiger partial charge in [0.2, 0.25) is 11.8 Å². The molecule has 0 aliphatic rings. The van der Waals surface area contributed by atoms with Crippen molar-refractivity contribution in [3.63, 3.8) is 0 Å². The van der Waals surface area contributed by atoms with Gasteiger partial charge in [0.15, 0.2) is 0 Å². The monoisotopic (exact) mass is 348 g/mol. The van der Waals surface area contributed by atoms with Crippen LogP contribution in [0, 0.1) is 0 Å². The largest absolute Gasteiger partial charge is 0.497 e. The quantitative estimate of drug-likeness (QED) is 0.623. The van der Waals surface area contributed by atoms with Crippen LogP contribution in [0.5, 0.6) is 5.75 Å². The number of nitrogens with zero attached hydrogens (tertiary/aromatic N) is 1. The highest BCUT2D eigenvalue weighted by molar-refractivity contribution is 5.87. The number of amides is 2. The Morgan fingerprint density at radius 1 is 1.20 bits per heavy atom. The van der Waals surface area contributed by atoms with E-state index in [4.69, 9.17) is 4.74 Å².